The van der Waals surface area contributed by atoms with E-state index in [0.717, 1.165) is 5.56 Å². The van der Waals surface area contributed by atoms with E-state index >= 15 is 0 Å². The smallest absolute Gasteiger partial charge is 0.343 e. The number of fused-ring (bicyclic) bond motifs is 1. The zero-order valence-electron chi connectivity index (χ0n) is 9.31. The monoisotopic (exact) mass is 220 g/mol. The van der Waals surface area contributed by atoms with Crippen molar-refractivity contribution in [2.45, 2.75) is 6.92 Å². The highest BCUT2D eigenvalue weighted by molar-refractivity contribution is 5.75. The summed E-state index contributed by atoms with van der Waals surface area (Å²) in [4.78, 5) is 16.1. The summed E-state index contributed by atoms with van der Waals surface area (Å²) < 4.78 is 1.99. The minimum absolute atomic E-state index is 0.146. The summed E-state index contributed by atoms with van der Waals surface area (Å²) in [5.41, 5.74) is 0.669. The van der Waals surface area contributed by atoms with E-state index < -0.39 is 0 Å². The molecule has 16 heavy (non-hydrogen) atoms. The van der Waals surface area contributed by atoms with Crippen LogP contribution < -0.4 is 15.6 Å². The number of aryl methyl sites for hydroxylation is 1. The minimum Gasteiger partial charge on any atom is -0.710 e. The van der Waals surface area contributed by atoms with Gasteiger partial charge in [0.05, 0.1) is 6.20 Å². The molecule has 2 aromatic rings. The highest BCUT2D eigenvalue weighted by Crippen LogP contribution is 2.10. The van der Waals surface area contributed by atoms with Gasteiger partial charge in [-0.15, -0.1) is 0 Å². The largest absolute Gasteiger partial charge is 0.710 e. The number of pyridine rings is 1. The van der Waals surface area contributed by atoms with Crippen LogP contribution in [0, 0.1) is 12.1 Å². The lowest BCUT2D eigenvalue weighted by atomic mass is 10.2. The van der Waals surface area contributed by atoms with Gasteiger partial charge in [0.2, 0.25) is 0 Å². The molecule has 0 radical (unpaired) electrons. The number of rotatable bonds is 1. The predicted octanol–water partition coefficient (Wildman–Crippen LogP) is -0.0830. The molecule has 0 aliphatic carbocycles. The van der Waals surface area contributed by atoms with Crippen molar-refractivity contribution in [2.24, 2.45) is 7.05 Å². The average molecular weight is 220 g/mol. The molecule has 2 heterocycles. The van der Waals surface area contributed by atoms with E-state index in [0.29, 0.717) is 16.1 Å². The van der Waals surface area contributed by atoms with Crippen molar-refractivity contribution >= 4 is 17.0 Å². The van der Waals surface area contributed by atoms with Crippen LogP contribution in [0.3, 0.4) is 0 Å². The third-order valence-corrected chi connectivity index (χ3v) is 2.56. The van der Waals surface area contributed by atoms with Gasteiger partial charge in [-0.3, -0.25) is 9.36 Å². The first-order chi connectivity index (χ1) is 7.56. The Hall–Kier alpha value is -2.11. The molecule has 0 fully saturated rings. The van der Waals surface area contributed by atoms with Crippen molar-refractivity contribution in [1.29, 1.82) is 0 Å². The Kier molecular flexibility index (Phi) is 2.26. The second-order valence-corrected chi connectivity index (χ2v) is 3.57. The second kappa shape index (κ2) is 3.48. The average Bonchev–Trinajstić information content (AvgIpc) is 2.27. The zero-order valence-corrected chi connectivity index (χ0v) is 9.31. The number of hydrogen-bond donors (Lipinski definition) is 1. The number of anilines is 1. The highest BCUT2D eigenvalue weighted by Gasteiger charge is 2.17. The van der Waals surface area contributed by atoms with Crippen molar-refractivity contribution in [2.75, 3.05) is 12.4 Å². The summed E-state index contributed by atoms with van der Waals surface area (Å²) in [6, 6.07) is 1.61. The maximum absolute atomic E-state index is 12.0. The van der Waals surface area contributed by atoms with Gasteiger partial charge in [0, 0.05) is 14.1 Å². The van der Waals surface area contributed by atoms with E-state index in [1.807, 2.05) is 0 Å². The van der Waals surface area contributed by atoms with Crippen LogP contribution in [0.4, 0.5) is 5.95 Å². The van der Waals surface area contributed by atoms with Gasteiger partial charge in [-0.2, -0.15) is 0 Å². The Labute approximate surface area is 91.7 Å². The van der Waals surface area contributed by atoms with Gasteiger partial charge in [-0.25, -0.2) is 4.73 Å². The normalized spacial score (nSPS) is 10.7. The fraction of sp³-hybridized carbons (Fsp3) is 0.300. The molecule has 6 heteroatoms. The summed E-state index contributed by atoms with van der Waals surface area (Å²) in [7, 11) is 3.26. The van der Waals surface area contributed by atoms with E-state index in [-0.39, 0.29) is 11.2 Å². The molecule has 1 N–H and O–H groups in total. The third kappa shape index (κ3) is 1.30. The molecule has 6 nitrogen and oxygen atoms in total. The summed E-state index contributed by atoms with van der Waals surface area (Å²) in [5, 5.41) is 14.7. The maximum atomic E-state index is 12.0. The highest BCUT2D eigenvalue weighted by atomic mass is 16.5. The fourth-order valence-electron chi connectivity index (χ4n) is 1.65. The van der Waals surface area contributed by atoms with Gasteiger partial charge in [0.25, 0.3) is 5.56 Å². The SMILES string of the molecule is CNc1nc2c(c(C)cc[n+]2[O-])c(=O)n1C. The quantitative estimate of drug-likeness (QED) is 0.538. The standard InChI is InChI=1S/C10H12N4O2/c1-6-4-5-14(16)8-7(6)9(15)13(3)10(11-2)12-8/h4-5H,1-3H3,(H,11,12). The van der Waals surface area contributed by atoms with Crippen molar-refractivity contribution in [3.63, 3.8) is 0 Å². The van der Waals surface area contributed by atoms with Crippen molar-refractivity contribution in [3.8, 4) is 0 Å². The first kappa shape index (κ1) is 10.4. The van der Waals surface area contributed by atoms with Crippen molar-refractivity contribution in [3.05, 3.63) is 33.4 Å². The van der Waals surface area contributed by atoms with Crippen molar-refractivity contribution < 1.29 is 4.73 Å². The molecule has 0 unspecified atom stereocenters. The maximum Gasteiger partial charge on any atom is 0.343 e. The minimum atomic E-state index is -0.225. The summed E-state index contributed by atoms with van der Waals surface area (Å²) in [6.07, 6.45) is 1.35. The van der Waals surface area contributed by atoms with Crippen LogP contribution in [0.25, 0.3) is 11.0 Å². The Morgan fingerprint density at radius 3 is 2.88 bits per heavy atom. The predicted molar refractivity (Wildman–Crippen MR) is 60.2 cm³/mol. The molecule has 0 saturated carbocycles. The van der Waals surface area contributed by atoms with Crippen LogP contribution in [0.1, 0.15) is 5.56 Å². The van der Waals surface area contributed by atoms with Crippen LogP contribution >= 0.6 is 0 Å². The number of nitrogens with zero attached hydrogens (tertiary/aromatic N) is 3. The lowest BCUT2D eigenvalue weighted by Gasteiger charge is -2.07. The topological polar surface area (TPSA) is 73.9 Å². The molecule has 84 valence electrons. The summed E-state index contributed by atoms with van der Waals surface area (Å²) in [5.74, 6) is 0.368. The molecule has 2 aromatic heterocycles. The van der Waals surface area contributed by atoms with Gasteiger partial charge < -0.3 is 10.5 Å². The lowest BCUT2D eigenvalue weighted by molar-refractivity contribution is -0.579. The molecular formula is C10H12N4O2. The molecule has 0 spiro atoms. The molecular weight excluding hydrogens is 208 g/mol. The molecule has 0 bridgehead atoms. The van der Waals surface area contributed by atoms with E-state index in [1.54, 1.807) is 27.1 Å². The Morgan fingerprint density at radius 2 is 2.25 bits per heavy atom. The van der Waals surface area contributed by atoms with Gasteiger partial charge in [0.15, 0.2) is 0 Å². The number of nitrogens with one attached hydrogen (secondary N) is 1. The molecule has 0 atom stereocenters. The molecule has 0 aliphatic rings. The molecule has 0 aliphatic heterocycles. The summed E-state index contributed by atoms with van der Waals surface area (Å²) >= 11 is 0. The van der Waals surface area contributed by atoms with E-state index in [2.05, 4.69) is 10.3 Å². The van der Waals surface area contributed by atoms with Crippen LogP contribution in [0.5, 0.6) is 0 Å². The van der Waals surface area contributed by atoms with E-state index in [1.165, 1.54) is 10.8 Å². The Morgan fingerprint density at radius 1 is 1.56 bits per heavy atom. The van der Waals surface area contributed by atoms with Crippen LogP contribution in [-0.2, 0) is 7.05 Å². The third-order valence-electron chi connectivity index (χ3n) is 2.56. The molecule has 2 rings (SSSR count). The first-order valence-corrected chi connectivity index (χ1v) is 4.83. The van der Waals surface area contributed by atoms with Gasteiger partial charge in [0.1, 0.15) is 5.39 Å². The fourth-order valence-corrected chi connectivity index (χ4v) is 1.65. The second-order valence-electron chi connectivity index (χ2n) is 3.57. The van der Waals surface area contributed by atoms with Gasteiger partial charge in [-0.1, -0.05) is 0 Å². The summed E-state index contributed by atoms with van der Waals surface area (Å²) in [6.45, 7) is 1.78. The molecule has 0 aromatic carbocycles. The van der Waals surface area contributed by atoms with E-state index in [9.17, 15) is 10.0 Å². The zero-order chi connectivity index (χ0) is 11.9. The van der Waals surface area contributed by atoms with Crippen LogP contribution in [-0.4, -0.2) is 16.6 Å². The van der Waals surface area contributed by atoms with Crippen molar-refractivity contribution in [1.82, 2.24) is 9.55 Å². The lowest BCUT2D eigenvalue weighted by Crippen LogP contribution is -2.33. The van der Waals surface area contributed by atoms with Gasteiger partial charge >= 0.3 is 11.6 Å². The molecule has 0 saturated heterocycles. The van der Waals surface area contributed by atoms with E-state index in [4.69, 9.17) is 0 Å². The Balaban J connectivity index is 3.04. The number of hydrogen-bond acceptors (Lipinski definition) is 4. The van der Waals surface area contributed by atoms with Crippen LogP contribution in [0.2, 0.25) is 0 Å². The Bertz CT molecular complexity index is 618. The van der Waals surface area contributed by atoms with Crippen LogP contribution in [0.15, 0.2) is 17.1 Å². The molecule has 0 amide bonds. The first-order valence-electron chi connectivity index (χ1n) is 4.83. The number of aromatic nitrogens is 3. The van der Waals surface area contributed by atoms with Gasteiger partial charge in [-0.05, 0) is 23.5 Å².